The van der Waals surface area contributed by atoms with Gasteiger partial charge in [0.15, 0.2) is 0 Å². The SMILES string of the molecule is Cc1cccc2c1C(=O)N(O)S2(=O)=O. The van der Waals surface area contributed by atoms with E-state index in [0.717, 1.165) is 0 Å². The zero-order chi connectivity index (χ0) is 10.5. The topological polar surface area (TPSA) is 74.7 Å². The van der Waals surface area contributed by atoms with Gasteiger partial charge in [-0.1, -0.05) is 12.1 Å². The van der Waals surface area contributed by atoms with Crippen LogP contribution in [0, 0.1) is 6.92 Å². The van der Waals surface area contributed by atoms with E-state index in [1.165, 1.54) is 12.1 Å². The zero-order valence-electron chi connectivity index (χ0n) is 7.26. The Balaban J connectivity index is 2.88. The highest BCUT2D eigenvalue weighted by molar-refractivity contribution is 7.90. The molecule has 0 bridgehead atoms. The van der Waals surface area contributed by atoms with Crippen LogP contribution in [0.1, 0.15) is 15.9 Å². The maximum Gasteiger partial charge on any atom is 0.293 e. The predicted molar refractivity (Wildman–Crippen MR) is 46.3 cm³/mol. The summed E-state index contributed by atoms with van der Waals surface area (Å²) in [5.74, 6) is -0.891. The molecule has 14 heavy (non-hydrogen) atoms. The van der Waals surface area contributed by atoms with Crippen molar-refractivity contribution in [2.24, 2.45) is 0 Å². The molecule has 0 saturated carbocycles. The van der Waals surface area contributed by atoms with Gasteiger partial charge in [0.1, 0.15) is 4.90 Å². The van der Waals surface area contributed by atoms with E-state index in [4.69, 9.17) is 5.21 Å². The lowest BCUT2D eigenvalue weighted by atomic mass is 10.1. The number of fused-ring (bicyclic) bond motifs is 1. The number of sulfonamides is 1. The van der Waals surface area contributed by atoms with Gasteiger partial charge in [0, 0.05) is 0 Å². The van der Waals surface area contributed by atoms with Crippen LogP contribution in [0.4, 0.5) is 0 Å². The number of hydroxylamine groups is 1. The lowest BCUT2D eigenvalue weighted by molar-refractivity contribution is 0.0110. The van der Waals surface area contributed by atoms with Gasteiger partial charge in [0.2, 0.25) is 0 Å². The van der Waals surface area contributed by atoms with Crippen LogP contribution in [0.2, 0.25) is 0 Å². The Morgan fingerprint density at radius 3 is 2.57 bits per heavy atom. The first-order valence-corrected chi connectivity index (χ1v) is 5.28. The number of aryl methyl sites for hydroxylation is 1. The Kier molecular flexibility index (Phi) is 1.67. The van der Waals surface area contributed by atoms with Crippen LogP contribution in [0.5, 0.6) is 0 Å². The third-order valence-electron chi connectivity index (χ3n) is 2.13. The highest BCUT2D eigenvalue weighted by Crippen LogP contribution is 2.30. The summed E-state index contributed by atoms with van der Waals surface area (Å²) in [7, 11) is -4.02. The van der Waals surface area contributed by atoms with E-state index in [-0.39, 0.29) is 14.9 Å². The normalized spacial score (nSPS) is 18.4. The standard InChI is InChI=1S/C8H7NO4S/c1-5-3-2-4-6-7(5)8(10)9(11)14(6,12)13/h2-4,11H,1H3. The summed E-state index contributed by atoms with van der Waals surface area (Å²) in [6.07, 6.45) is 0. The number of benzene rings is 1. The van der Waals surface area contributed by atoms with Crippen LogP contribution in [-0.2, 0) is 10.0 Å². The third kappa shape index (κ3) is 0.919. The van der Waals surface area contributed by atoms with Gasteiger partial charge >= 0.3 is 0 Å². The Morgan fingerprint density at radius 1 is 1.36 bits per heavy atom. The van der Waals surface area contributed by atoms with Gasteiger partial charge in [0.25, 0.3) is 15.9 Å². The number of hydrogen-bond donors (Lipinski definition) is 1. The van der Waals surface area contributed by atoms with Gasteiger partial charge in [0.05, 0.1) is 5.56 Å². The first-order chi connectivity index (χ1) is 6.46. The van der Waals surface area contributed by atoms with Gasteiger partial charge in [-0.15, -0.1) is 4.47 Å². The predicted octanol–water partition coefficient (Wildman–Crippen LogP) is 0.529. The van der Waals surface area contributed by atoms with Crippen LogP contribution in [0.3, 0.4) is 0 Å². The average molecular weight is 213 g/mol. The lowest BCUT2D eigenvalue weighted by Gasteiger charge is -2.02. The molecule has 0 saturated heterocycles. The molecule has 1 aliphatic rings. The summed E-state index contributed by atoms with van der Waals surface area (Å²) in [6, 6.07) is 4.44. The van der Waals surface area contributed by atoms with Gasteiger partial charge < -0.3 is 0 Å². The van der Waals surface area contributed by atoms with E-state index < -0.39 is 15.9 Å². The number of rotatable bonds is 0. The minimum Gasteiger partial charge on any atom is -0.271 e. The maximum atomic E-state index is 11.4. The summed E-state index contributed by atoms with van der Waals surface area (Å²) in [4.78, 5) is 11.2. The van der Waals surface area contributed by atoms with Crippen molar-refractivity contribution in [2.75, 3.05) is 0 Å². The second kappa shape index (κ2) is 2.55. The maximum absolute atomic E-state index is 11.4. The largest absolute Gasteiger partial charge is 0.293 e. The summed E-state index contributed by atoms with van der Waals surface area (Å²) < 4.78 is 22.6. The molecule has 1 heterocycles. The molecule has 0 fully saturated rings. The molecule has 0 unspecified atom stereocenters. The molecule has 74 valence electrons. The van der Waals surface area contributed by atoms with Crippen molar-refractivity contribution in [3.8, 4) is 0 Å². The molecule has 6 heteroatoms. The van der Waals surface area contributed by atoms with Crippen molar-refractivity contribution in [3.63, 3.8) is 0 Å². The molecule has 0 aromatic heterocycles. The average Bonchev–Trinajstić information content (AvgIpc) is 2.30. The van der Waals surface area contributed by atoms with Gasteiger partial charge in [-0.05, 0) is 18.6 Å². The van der Waals surface area contributed by atoms with Crippen LogP contribution in [-0.4, -0.2) is 24.0 Å². The van der Waals surface area contributed by atoms with Gasteiger partial charge in [-0.3, -0.25) is 10.0 Å². The third-order valence-corrected chi connectivity index (χ3v) is 3.64. The molecule has 5 nitrogen and oxygen atoms in total. The molecule has 2 rings (SSSR count). The van der Waals surface area contributed by atoms with Gasteiger partial charge in [-0.2, -0.15) is 8.42 Å². The number of nitrogens with zero attached hydrogens (tertiary/aromatic N) is 1. The van der Waals surface area contributed by atoms with Crippen molar-refractivity contribution < 1.29 is 18.4 Å². The fourth-order valence-electron chi connectivity index (χ4n) is 1.43. The Hall–Kier alpha value is -1.40. The van der Waals surface area contributed by atoms with Crippen molar-refractivity contribution in [1.29, 1.82) is 0 Å². The minimum atomic E-state index is -4.02. The van der Waals surface area contributed by atoms with E-state index in [1.807, 2.05) is 0 Å². The second-order valence-electron chi connectivity index (χ2n) is 3.00. The lowest BCUT2D eigenvalue weighted by Crippen LogP contribution is -2.25. The van der Waals surface area contributed by atoms with E-state index in [1.54, 1.807) is 13.0 Å². The molecular weight excluding hydrogens is 206 g/mol. The van der Waals surface area contributed by atoms with Crippen LogP contribution < -0.4 is 0 Å². The first kappa shape index (κ1) is 9.17. The van der Waals surface area contributed by atoms with E-state index in [0.29, 0.717) is 5.56 Å². The van der Waals surface area contributed by atoms with Crippen LogP contribution in [0.25, 0.3) is 0 Å². The fourth-order valence-corrected chi connectivity index (χ4v) is 2.68. The van der Waals surface area contributed by atoms with E-state index >= 15 is 0 Å². The van der Waals surface area contributed by atoms with Gasteiger partial charge in [-0.25, -0.2) is 0 Å². The molecule has 0 spiro atoms. The zero-order valence-corrected chi connectivity index (χ0v) is 8.08. The van der Waals surface area contributed by atoms with Crippen molar-refractivity contribution in [1.82, 2.24) is 4.47 Å². The number of carbonyl (C=O) groups is 1. The van der Waals surface area contributed by atoms with Crippen LogP contribution >= 0.6 is 0 Å². The summed E-state index contributed by atoms with van der Waals surface area (Å²) >= 11 is 0. The Labute approximate surface area is 80.6 Å². The smallest absolute Gasteiger partial charge is 0.271 e. The molecule has 1 amide bonds. The monoisotopic (exact) mass is 213 g/mol. The highest BCUT2D eigenvalue weighted by Gasteiger charge is 2.41. The highest BCUT2D eigenvalue weighted by atomic mass is 32.2. The van der Waals surface area contributed by atoms with Crippen LogP contribution in [0.15, 0.2) is 23.1 Å². The second-order valence-corrected chi connectivity index (χ2v) is 4.74. The van der Waals surface area contributed by atoms with E-state index in [2.05, 4.69) is 0 Å². The van der Waals surface area contributed by atoms with E-state index in [9.17, 15) is 13.2 Å². The van der Waals surface area contributed by atoms with Crippen molar-refractivity contribution >= 4 is 15.9 Å². The summed E-state index contributed by atoms with van der Waals surface area (Å²) in [6.45, 7) is 1.62. The molecule has 0 atom stereocenters. The molecule has 1 aliphatic heterocycles. The fraction of sp³-hybridized carbons (Fsp3) is 0.125. The number of amides is 1. The summed E-state index contributed by atoms with van der Waals surface area (Å²) in [5.41, 5.74) is 0.586. The summed E-state index contributed by atoms with van der Waals surface area (Å²) in [5, 5.41) is 9.07. The van der Waals surface area contributed by atoms with Crippen molar-refractivity contribution in [2.45, 2.75) is 11.8 Å². The molecule has 1 N–H and O–H groups in total. The molecule has 0 radical (unpaired) electrons. The Morgan fingerprint density at radius 2 is 2.00 bits per heavy atom. The molecular formula is C8H7NO4S. The quantitative estimate of drug-likeness (QED) is 0.638. The minimum absolute atomic E-state index is 0.0509. The molecule has 1 aromatic carbocycles. The number of hydrogen-bond acceptors (Lipinski definition) is 4. The molecule has 1 aromatic rings. The van der Waals surface area contributed by atoms with Crippen molar-refractivity contribution in [3.05, 3.63) is 29.3 Å². The number of carbonyl (C=O) groups excluding carboxylic acids is 1. The first-order valence-electron chi connectivity index (χ1n) is 3.84. The molecule has 0 aliphatic carbocycles. The Bertz CT molecular complexity index is 520.